The molecule has 0 amide bonds. The van der Waals surface area contributed by atoms with Gasteiger partial charge in [-0.2, -0.15) is 0 Å². The number of rotatable bonds is 4. The first-order valence-corrected chi connectivity index (χ1v) is 8.33. The SMILES string of the molecule is CC1CCN(CCCc2cc3ccccc3s2)CC1. The van der Waals surface area contributed by atoms with Gasteiger partial charge in [-0.15, -0.1) is 11.3 Å². The number of hydrogen-bond donors (Lipinski definition) is 0. The summed E-state index contributed by atoms with van der Waals surface area (Å²) in [4.78, 5) is 4.19. The second kappa shape index (κ2) is 6.06. The maximum absolute atomic E-state index is 2.65. The van der Waals surface area contributed by atoms with E-state index >= 15 is 0 Å². The summed E-state index contributed by atoms with van der Waals surface area (Å²) in [5, 5.41) is 1.41. The summed E-state index contributed by atoms with van der Waals surface area (Å²) in [6, 6.07) is 11.1. The third kappa shape index (κ3) is 3.37. The van der Waals surface area contributed by atoms with E-state index < -0.39 is 0 Å². The Morgan fingerprint density at radius 1 is 1.21 bits per heavy atom. The lowest BCUT2D eigenvalue weighted by Gasteiger charge is -2.30. The predicted octanol–water partition coefficient (Wildman–Crippen LogP) is 4.57. The Labute approximate surface area is 120 Å². The van der Waals surface area contributed by atoms with Crippen LogP contribution in [0.3, 0.4) is 0 Å². The normalized spacial score (nSPS) is 18.2. The minimum atomic E-state index is 0.943. The van der Waals surface area contributed by atoms with E-state index in [0.29, 0.717) is 0 Å². The number of piperidine rings is 1. The zero-order valence-corrected chi connectivity index (χ0v) is 12.6. The zero-order chi connectivity index (χ0) is 13.1. The van der Waals surface area contributed by atoms with E-state index in [1.54, 1.807) is 4.88 Å². The van der Waals surface area contributed by atoms with E-state index in [2.05, 4.69) is 42.2 Å². The van der Waals surface area contributed by atoms with Crippen LogP contribution in [0.25, 0.3) is 10.1 Å². The number of nitrogens with zero attached hydrogens (tertiary/aromatic N) is 1. The summed E-state index contributed by atoms with van der Waals surface area (Å²) in [6.45, 7) is 6.29. The van der Waals surface area contributed by atoms with Gasteiger partial charge in [-0.25, -0.2) is 0 Å². The molecule has 3 rings (SSSR count). The lowest BCUT2D eigenvalue weighted by Crippen LogP contribution is -2.33. The van der Waals surface area contributed by atoms with Crippen LogP contribution < -0.4 is 0 Å². The van der Waals surface area contributed by atoms with Crippen molar-refractivity contribution >= 4 is 21.4 Å². The van der Waals surface area contributed by atoms with Crippen molar-refractivity contribution in [3.63, 3.8) is 0 Å². The van der Waals surface area contributed by atoms with Gasteiger partial charge in [-0.1, -0.05) is 25.1 Å². The van der Waals surface area contributed by atoms with Crippen molar-refractivity contribution in [3.8, 4) is 0 Å². The molecule has 2 aromatic rings. The Hall–Kier alpha value is -0.860. The average molecular weight is 273 g/mol. The highest BCUT2D eigenvalue weighted by Crippen LogP contribution is 2.26. The molecule has 2 heteroatoms. The highest BCUT2D eigenvalue weighted by atomic mass is 32.1. The quantitative estimate of drug-likeness (QED) is 0.789. The summed E-state index contributed by atoms with van der Waals surface area (Å²) >= 11 is 1.97. The molecular weight excluding hydrogens is 250 g/mol. The summed E-state index contributed by atoms with van der Waals surface area (Å²) in [5.74, 6) is 0.943. The van der Waals surface area contributed by atoms with Crippen LogP contribution in [0.15, 0.2) is 30.3 Å². The zero-order valence-electron chi connectivity index (χ0n) is 11.8. The maximum Gasteiger partial charge on any atom is 0.0345 e. The minimum Gasteiger partial charge on any atom is -0.303 e. The van der Waals surface area contributed by atoms with Crippen molar-refractivity contribution < 1.29 is 0 Å². The highest BCUT2D eigenvalue weighted by Gasteiger charge is 2.14. The van der Waals surface area contributed by atoms with E-state index in [4.69, 9.17) is 0 Å². The molecule has 1 nitrogen and oxygen atoms in total. The van der Waals surface area contributed by atoms with Crippen LogP contribution in [0.2, 0.25) is 0 Å². The molecule has 0 atom stereocenters. The van der Waals surface area contributed by atoms with Gasteiger partial charge in [0, 0.05) is 9.58 Å². The molecule has 0 bridgehead atoms. The third-order valence-electron chi connectivity index (χ3n) is 4.25. The van der Waals surface area contributed by atoms with Crippen molar-refractivity contribution in [2.75, 3.05) is 19.6 Å². The number of likely N-dealkylation sites (tertiary alicyclic amines) is 1. The number of aryl methyl sites for hydroxylation is 1. The second-order valence-corrected chi connectivity index (χ2v) is 7.05. The lowest BCUT2D eigenvalue weighted by molar-refractivity contribution is 0.191. The first kappa shape index (κ1) is 13.1. The van der Waals surface area contributed by atoms with Crippen LogP contribution in [0.4, 0.5) is 0 Å². The molecule has 1 saturated heterocycles. The Morgan fingerprint density at radius 3 is 2.79 bits per heavy atom. The molecule has 1 aliphatic rings. The maximum atomic E-state index is 2.65. The minimum absolute atomic E-state index is 0.943. The van der Waals surface area contributed by atoms with Gasteiger partial charge in [-0.05, 0) is 68.8 Å². The van der Waals surface area contributed by atoms with Crippen molar-refractivity contribution in [2.45, 2.75) is 32.6 Å². The molecule has 2 heterocycles. The molecule has 1 aromatic carbocycles. The second-order valence-electron chi connectivity index (χ2n) is 5.88. The first-order valence-electron chi connectivity index (χ1n) is 7.51. The topological polar surface area (TPSA) is 3.24 Å². The third-order valence-corrected chi connectivity index (χ3v) is 5.43. The average Bonchev–Trinajstić information content (AvgIpc) is 2.83. The van der Waals surface area contributed by atoms with Gasteiger partial charge in [0.25, 0.3) is 0 Å². The number of thiophene rings is 1. The molecule has 19 heavy (non-hydrogen) atoms. The van der Waals surface area contributed by atoms with Crippen LogP contribution in [0.1, 0.15) is 31.1 Å². The van der Waals surface area contributed by atoms with Gasteiger partial charge >= 0.3 is 0 Å². The molecule has 0 aliphatic carbocycles. The fraction of sp³-hybridized carbons (Fsp3) is 0.529. The fourth-order valence-corrected chi connectivity index (χ4v) is 4.03. The fourth-order valence-electron chi connectivity index (χ4n) is 2.92. The summed E-state index contributed by atoms with van der Waals surface area (Å²) < 4.78 is 1.43. The van der Waals surface area contributed by atoms with E-state index in [1.165, 1.54) is 55.4 Å². The molecule has 1 fully saturated rings. The van der Waals surface area contributed by atoms with Crippen LogP contribution in [0, 0.1) is 5.92 Å². The molecule has 0 N–H and O–H groups in total. The Balaban J connectivity index is 1.49. The molecule has 0 radical (unpaired) electrons. The lowest BCUT2D eigenvalue weighted by atomic mass is 9.99. The van der Waals surface area contributed by atoms with Gasteiger partial charge in [0.2, 0.25) is 0 Å². The van der Waals surface area contributed by atoms with Crippen molar-refractivity contribution in [2.24, 2.45) is 5.92 Å². The number of fused-ring (bicyclic) bond motifs is 1. The number of hydrogen-bond acceptors (Lipinski definition) is 2. The van der Waals surface area contributed by atoms with E-state index in [9.17, 15) is 0 Å². The van der Waals surface area contributed by atoms with E-state index in [1.807, 2.05) is 11.3 Å². The van der Waals surface area contributed by atoms with Crippen LogP contribution in [0.5, 0.6) is 0 Å². The van der Waals surface area contributed by atoms with Gasteiger partial charge in [0.15, 0.2) is 0 Å². The van der Waals surface area contributed by atoms with Crippen LogP contribution in [-0.4, -0.2) is 24.5 Å². The smallest absolute Gasteiger partial charge is 0.0345 e. The van der Waals surface area contributed by atoms with Crippen molar-refractivity contribution in [1.82, 2.24) is 4.90 Å². The molecule has 102 valence electrons. The molecule has 0 saturated carbocycles. The Bertz CT molecular complexity index is 490. The standard InChI is InChI=1S/C17H23NS/c1-14-8-11-18(12-9-14)10-4-6-16-13-15-5-2-3-7-17(15)19-16/h2-3,5,7,13-14H,4,6,8-12H2,1H3. The van der Waals surface area contributed by atoms with Gasteiger partial charge in [0.05, 0.1) is 0 Å². The van der Waals surface area contributed by atoms with Crippen molar-refractivity contribution in [1.29, 1.82) is 0 Å². The molecular formula is C17H23NS. The van der Waals surface area contributed by atoms with E-state index in [-0.39, 0.29) is 0 Å². The van der Waals surface area contributed by atoms with Gasteiger partial charge in [-0.3, -0.25) is 0 Å². The molecule has 0 spiro atoms. The predicted molar refractivity (Wildman–Crippen MR) is 85.0 cm³/mol. The molecule has 1 aromatic heterocycles. The Kier molecular flexibility index (Phi) is 4.19. The molecule has 0 unspecified atom stereocenters. The monoisotopic (exact) mass is 273 g/mol. The van der Waals surface area contributed by atoms with Gasteiger partial charge in [0.1, 0.15) is 0 Å². The number of benzene rings is 1. The summed E-state index contributed by atoms with van der Waals surface area (Å²) in [5.41, 5.74) is 0. The van der Waals surface area contributed by atoms with Crippen LogP contribution >= 0.6 is 11.3 Å². The summed E-state index contributed by atoms with van der Waals surface area (Å²) in [6.07, 6.45) is 5.33. The highest BCUT2D eigenvalue weighted by molar-refractivity contribution is 7.19. The molecule has 1 aliphatic heterocycles. The van der Waals surface area contributed by atoms with Crippen molar-refractivity contribution in [3.05, 3.63) is 35.2 Å². The largest absolute Gasteiger partial charge is 0.303 e. The van der Waals surface area contributed by atoms with E-state index in [0.717, 1.165) is 5.92 Å². The summed E-state index contributed by atoms with van der Waals surface area (Å²) in [7, 11) is 0. The van der Waals surface area contributed by atoms with Crippen LogP contribution in [-0.2, 0) is 6.42 Å². The Morgan fingerprint density at radius 2 is 2.00 bits per heavy atom. The first-order chi connectivity index (χ1) is 9.31. The van der Waals surface area contributed by atoms with Gasteiger partial charge < -0.3 is 4.90 Å².